The number of hydrogen-bond donors (Lipinski definition) is 1. The van der Waals surface area contributed by atoms with Gasteiger partial charge >= 0.3 is 0 Å². The van der Waals surface area contributed by atoms with E-state index in [1.165, 1.54) is 6.42 Å². The second-order valence-corrected chi connectivity index (χ2v) is 5.25. The quantitative estimate of drug-likeness (QED) is 0.844. The van der Waals surface area contributed by atoms with Crippen molar-refractivity contribution >= 4 is 23.3 Å². The van der Waals surface area contributed by atoms with Crippen LogP contribution in [0, 0.1) is 16.6 Å². The summed E-state index contributed by atoms with van der Waals surface area (Å²) in [6.45, 7) is 3.32. The van der Waals surface area contributed by atoms with Crippen molar-refractivity contribution < 1.29 is 4.74 Å². The molecule has 1 saturated carbocycles. The molecule has 1 N–H and O–H groups in total. The van der Waals surface area contributed by atoms with Crippen LogP contribution in [-0.2, 0) is 6.54 Å². The van der Waals surface area contributed by atoms with Gasteiger partial charge in [0.25, 0.3) is 0 Å². The molecule has 0 spiro atoms. The molecule has 0 aliphatic heterocycles. The maximum atomic E-state index is 5.40. The molecule has 1 aromatic heterocycles. The van der Waals surface area contributed by atoms with Crippen LogP contribution < -0.4 is 4.74 Å². The minimum absolute atomic E-state index is 0.784. The van der Waals surface area contributed by atoms with Gasteiger partial charge in [0.05, 0.1) is 12.6 Å². The van der Waals surface area contributed by atoms with Crippen molar-refractivity contribution in [2.45, 2.75) is 19.9 Å². The Kier molecular flexibility index (Phi) is 2.47. The van der Waals surface area contributed by atoms with Crippen molar-refractivity contribution in [3.8, 4) is 5.75 Å². The second kappa shape index (κ2) is 3.88. The van der Waals surface area contributed by atoms with E-state index in [9.17, 15) is 0 Å². The SMILES string of the molecule is COc1cccc2c1[nH]c(=S)n2CC1CC1C. The number of benzene rings is 1. The summed E-state index contributed by atoms with van der Waals surface area (Å²) in [4.78, 5) is 3.25. The van der Waals surface area contributed by atoms with E-state index in [0.717, 1.165) is 39.9 Å². The largest absolute Gasteiger partial charge is 0.494 e. The number of H-pyrrole nitrogens is 1. The normalized spacial score (nSPS) is 22.9. The zero-order valence-corrected chi connectivity index (χ0v) is 10.9. The predicted molar refractivity (Wildman–Crippen MR) is 70.9 cm³/mol. The van der Waals surface area contributed by atoms with Gasteiger partial charge in [0, 0.05) is 6.54 Å². The molecule has 0 radical (unpaired) electrons. The third-order valence-electron chi connectivity index (χ3n) is 3.69. The fraction of sp³-hybridized carbons (Fsp3) is 0.462. The minimum Gasteiger partial charge on any atom is -0.494 e. The molecule has 90 valence electrons. The third-order valence-corrected chi connectivity index (χ3v) is 4.01. The molecule has 17 heavy (non-hydrogen) atoms. The van der Waals surface area contributed by atoms with E-state index in [1.54, 1.807) is 7.11 Å². The molecule has 0 amide bonds. The van der Waals surface area contributed by atoms with Gasteiger partial charge in [-0.2, -0.15) is 0 Å². The second-order valence-electron chi connectivity index (χ2n) is 4.87. The average molecular weight is 248 g/mol. The molecule has 0 saturated heterocycles. The highest BCUT2D eigenvalue weighted by atomic mass is 32.1. The lowest BCUT2D eigenvalue weighted by Crippen LogP contribution is -2.00. The van der Waals surface area contributed by atoms with Crippen LogP contribution in [0.3, 0.4) is 0 Å². The molecular formula is C13H16N2OS. The summed E-state index contributed by atoms with van der Waals surface area (Å²) in [5.74, 6) is 2.48. The lowest BCUT2D eigenvalue weighted by atomic mass is 10.3. The van der Waals surface area contributed by atoms with Gasteiger partial charge in [-0.3, -0.25) is 0 Å². The molecule has 2 aromatic rings. The fourth-order valence-electron chi connectivity index (χ4n) is 2.39. The maximum Gasteiger partial charge on any atom is 0.178 e. The molecule has 2 atom stereocenters. The smallest absolute Gasteiger partial charge is 0.178 e. The van der Waals surface area contributed by atoms with Gasteiger partial charge in [-0.05, 0) is 42.6 Å². The minimum atomic E-state index is 0.784. The first kappa shape index (κ1) is 10.8. The Morgan fingerprint density at radius 1 is 1.53 bits per heavy atom. The predicted octanol–water partition coefficient (Wildman–Crippen LogP) is 3.36. The van der Waals surface area contributed by atoms with Crippen LogP contribution in [0.2, 0.25) is 0 Å². The first-order chi connectivity index (χ1) is 8.20. The highest BCUT2D eigenvalue weighted by molar-refractivity contribution is 7.71. The Bertz CT molecular complexity index is 613. The number of fused-ring (bicyclic) bond motifs is 1. The number of ether oxygens (including phenoxy) is 1. The summed E-state index contributed by atoms with van der Waals surface area (Å²) in [7, 11) is 1.69. The van der Waals surface area contributed by atoms with Gasteiger partial charge in [-0.25, -0.2) is 0 Å². The van der Waals surface area contributed by atoms with E-state index in [0.29, 0.717) is 0 Å². The molecule has 1 heterocycles. The van der Waals surface area contributed by atoms with Crippen LogP contribution in [0.5, 0.6) is 5.75 Å². The van der Waals surface area contributed by atoms with Gasteiger partial charge in [0.2, 0.25) is 0 Å². The number of rotatable bonds is 3. The Balaban J connectivity index is 2.11. The van der Waals surface area contributed by atoms with Crippen molar-refractivity contribution in [2.24, 2.45) is 11.8 Å². The number of methoxy groups -OCH3 is 1. The lowest BCUT2D eigenvalue weighted by Gasteiger charge is -2.04. The number of nitrogens with zero attached hydrogens (tertiary/aromatic N) is 1. The molecule has 0 bridgehead atoms. The first-order valence-electron chi connectivity index (χ1n) is 5.96. The molecular weight excluding hydrogens is 232 g/mol. The number of para-hydroxylation sites is 1. The standard InChI is InChI=1S/C13H16N2OS/c1-8-6-9(8)7-15-10-4-3-5-11(16-2)12(10)14-13(15)17/h3-5,8-9H,6-7H2,1-2H3,(H,14,17). The van der Waals surface area contributed by atoms with Gasteiger partial charge < -0.3 is 14.3 Å². The van der Waals surface area contributed by atoms with Crippen molar-refractivity contribution in [1.82, 2.24) is 9.55 Å². The summed E-state index contributed by atoms with van der Waals surface area (Å²) < 4.78 is 8.34. The number of aromatic amines is 1. The molecule has 1 aliphatic carbocycles. The number of aromatic nitrogens is 2. The molecule has 3 nitrogen and oxygen atoms in total. The Morgan fingerprint density at radius 2 is 2.29 bits per heavy atom. The zero-order valence-electron chi connectivity index (χ0n) is 10.1. The first-order valence-corrected chi connectivity index (χ1v) is 6.37. The van der Waals surface area contributed by atoms with Crippen LogP contribution in [0.15, 0.2) is 18.2 Å². The van der Waals surface area contributed by atoms with Crippen LogP contribution in [-0.4, -0.2) is 16.7 Å². The van der Waals surface area contributed by atoms with Crippen LogP contribution in [0.4, 0.5) is 0 Å². The number of hydrogen-bond acceptors (Lipinski definition) is 2. The van der Waals surface area contributed by atoms with Gasteiger partial charge in [-0.15, -0.1) is 0 Å². The summed E-state index contributed by atoms with van der Waals surface area (Å²) >= 11 is 5.40. The van der Waals surface area contributed by atoms with E-state index in [4.69, 9.17) is 17.0 Å². The number of nitrogens with one attached hydrogen (secondary N) is 1. The lowest BCUT2D eigenvalue weighted by molar-refractivity contribution is 0.419. The maximum absolute atomic E-state index is 5.40. The summed E-state index contributed by atoms with van der Waals surface area (Å²) in [5.41, 5.74) is 2.15. The van der Waals surface area contributed by atoms with E-state index in [2.05, 4.69) is 22.5 Å². The van der Waals surface area contributed by atoms with Gasteiger partial charge in [0.1, 0.15) is 11.3 Å². The van der Waals surface area contributed by atoms with Crippen LogP contribution >= 0.6 is 12.2 Å². The van der Waals surface area contributed by atoms with Gasteiger partial charge in [0.15, 0.2) is 4.77 Å². The fourth-order valence-corrected chi connectivity index (χ4v) is 2.67. The molecule has 4 heteroatoms. The Hall–Kier alpha value is -1.29. The van der Waals surface area contributed by atoms with E-state index < -0.39 is 0 Å². The van der Waals surface area contributed by atoms with Crippen molar-refractivity contribution in [2.75, 3.05) is 7.11 Å². The topological polar surface area (TPSA) is 29.9 Å². The monoisotopic (exact) mass is 248 g/mol. The molecule has 1 fully saturated rings. The van der Waals surface area contributed by atoms with Crippen LogP contribution in [0.25, 0.3) is 11.0 Å². The van der Waals surface area contributed by atoms with E-state index >= 15 is 0 Å². The zero-order chi connectivity index (χ0) is 12.0. The third kappa shape index (κ3) is 1.76. The highest BCUT2D eigenvalue weighted by Gasteiger charge is 2.33. The molecule has 3 rings (SSSR count). The van der Waals surface area contributed by atoms with Crippen molar-refractivity contribution in [3.05, 3.63) is 23.0 Å². The molecule has 2 unspecified atom stereocenters. The highest BCUT2D eigenvalue weighted by Crippen LogP contribution is 2.40. The molecule has 1 aliphatic rings. The van der Waals surface area contributed by atoms with Crippen molar-refractivity contribution in [3.63, 3.8) is 0 Å². The van der Waals surface area contributed by atoms with E-state index in [1.807, 2.05) is 12.1 Å². The molecule has 1 aromatic carbocycles. The van der Waals surface area contributed by atoms with E-state index in [-0.39, 0.29) is 0 Å². The van der Waals surface area contributed by atoms with Gasteiger partial charge in [-0.1, -0.05) is 13.0 Å². The number of imidazole rings is 1. The summed E-state index contributed by atoms with van der Waals surface area (Å²) in [6, 6.07) is 6.06. The van der Waals surface area contributed by atoms with Crippen LogP contribution in [0.1, 0.15) is 13.3 Å². The summed E-state index contributed by atoms with van der Waals surface area (Å²) in [6.07, 6.45) is 1.32. The Labute approximate surface area is 105 Å². The summed E-state index contributed by atoms with van der Waals surface area (Å²) in [5, 5.41) is 0. The average Bonchev–Trinajstić information content (AvgIpc) is 2.92. The van der Waals surface area contributed by atoms with Crippen molar-refractivity contribution in [1.29, 1.82) is 0 Å². The Morgan fingerprint density at radius 3 is 2.94 bits per heavy atom.